The summed E-state index contributed by atoms with van der Waals surface area (Å²) in [5.41, 5.74) is 2.40. The van der Waals surface area contributed by atoms with Gasteiger partial charge in [0.25, 0.3) is 0 Å². The molecule has 3 saturated heterocycles. The van der Waals surface area contributed by atoms with Crippen molar-refractivity contribution in [1.29, 1.82) is 0 Å². The Hall–Kier alpha value is -0.120. The highest BCUT2D eigenvalue weighted by Crippen LogP contribution is 2.49. The summed E-state index contributed by atoms with van der Waals surface area (Å²) in [7, 11) is 0. The monoisotopic (exact) mass is 475 g/mol. The topological polar surface area (TPSA) is 9.72 Å². The molecule has 0 atom stereocenters. The highest BCUT2D eigenvalue weighted by atomic mass is 15.2. The first-order valence-corrected chi connectivity index (χ1v) is 14.9. The van der Waals surface area contributed by atoms with Crippen LogP contribution in [-0.2, 0) is 0 Å². The van der Waals surface area contributed by atoms with E-state index in [2.05, 4.69) is 56.2 Å². The van der Waals surface area contributed by atoms with Gasteiger partial charge in [0.15, 0.2) is 0 Å². The van der Waals surface area contributed by atoms with E-state index in [1.165, 1.54) is 116 Å². The molecule has 3 nitrogen and oxygen atoms in total. The molecule has 3 heteroatoms. The Bertz CT molecular complexity index is 584. The highest BCUT2D eigenvalue weighted by molar-refractivity contribution is 5.01. The van der Waals surface area contributed by atoms with Gasteiger partial charge in [0.05, 0.1) is 0 Å². The molecule has 3 aliphatic carbocycles. The molecular weight excluding hydrogens is 414 g/mol. The van der Waals surface area contributed by atoms with Crippen molar-refractivity contribution in [1.82, 2.24) is 14.7 Å². The van der Waals surface area contributed by atoms with Gasteiger partial charge in [-0.2, -0.15) is 0 Å². The Balaban J connectivity index is 0.000000141. The predicted octanol–water partition coefficient (Wildman–Crippen LogP) is 7.45. The van der Waals surface area contributed by atoms with Crippen LogP contribution >= 0.6 is 0 Å². The zero-order valence-electron chi connectivity index (χ0n) is 23.3. The zero-order valence-corrected chi connectivity index (χ0v) is 23.3. The molecule has 200 valence electrons. The highest BCUT2D eigenvalue weighted by Gasteiger charge is 2.48. The van der Waals surface area contributed by atoms with Gasteiger partial charge >= 0.3 is 0 Å². The lowest BCUT2D eigenvalue weighted by atomic mass is 9.63. The maximum absolute atomic E-state index is 2.62. The van der Waals surface area contributed by atoms with E-state index in [0.717, 1.165) is 34.4 Å². The summed E-state index contributed by atoms with van der Waals surface area (Å²) < 4.78 is 0. The Labute approximate surface area is 214 Å². The van der Waals surface area contributed by atoms with Gasteiger partial charge in [-0.05, 0) is 96.3 Å². The van der Waals surface area contributed by atoms with Crippen molar-refractivity contribution in [2.75, 3.05) is 39.3 Å². The van der Waals surface area contributed by atoms with Crippen molar-refractivity contribution >= 4 is 0 Å². The molecule has 0 aromatic rings. The molecule has 0 bridgehead atoms. The van der Waals surface area contributed by atoms with Gasteiger partial charge < -0.3 is 0 Å². The van der Waals surface area contributed by atoms with Crippen LogP contribution in [0, 0.1) is 16.2 Å². The van der Waals surface area contributed by atoms with Crippen LogP contribution in [0.15, 0.2) is 0 Å². The molecule has 6 aliphatic rings. The van der Waals surface area contributed by atoms with Crippen LogP contribution in [0.1, 0.15) is 126 Å². The smallest absolute Gasteiger partial charge is 0.00532 e. The number of nitrogens with zero attached hydrogens (tertiary/aromatic N) is 3. The normalized spacial score (nSPS) is 28.9. The molecule has 6 rings (SSSR count). The van der Waals surface area contributed by atoms with E-state index in [1.807, 2.05) is 0 Å². The first-order chi connectivity index (χ1) is 15.7. The predicted molar refractivity (Wildman–Crippen MR) is 150 cm³/mol. The average Bonchev–Trinajstić information content (AvgIpc) is 3.14. The molecule has 3 saturated carbocycles. The minimum atomic E-state index is 0. The third kappa shape index (κ3) is 6.41. The molecule has 6 fully saturated rings. The van der Waals surface area contributed by atoms with Crippen LogP contribution in [0.25, 0.3) is 0 Å². The van der Waals surface area contributed by atoms with Crippen molar-refractivity contribution in [2.45, 2.75) is 144 Å². The fourth-order valence-electron chi connectivity index (χ4n) is 7.59. The van der Waals surface area contributed by atoms with E-state index in [9.17, 15) is 0 Å². The zero-order chi connectivity index (χ0) is 23.7. The van der Waals surface area contributed by atoms with E-state index >= 15 is 0 Å². The lowest BCUT2D eigenvalue weighted by molar-refractivity contribution is -0.0758. The van der Waals surface area contributed by atoms with Crippen LogP contribution in [0.4, 0.5) is 0 Å². The van der Waals surface area contributed by atoms with Gasteiger partial charge in [0, 0.05) is 57.4 Å². The Morgan fingerprint density at radius 1 is 0.382 bits per heavy atom. The summed E-state index contributed by atoms with van der Waals surface area (Å²) >= 11 is 0. The second kappa shape index (κ2) is 11.5. The molecule has 3 aliphatic heterocycles. The van der Waals surface area contributed by atoms with E-state index in [0.29, 0.717) is 0 Å². The van der Waals surface area contributed by atoms with Gasteiger partial charge in [0.2, 0.25) is 0 Å². The second-order valence-electron chi connectivity index (χ2n) is 14.1. The van der Waals surface area contributed by atoms with Crippen molar-refractivity contribution in [3.8, 4) is 0 Å². The van der Waals surface area contributed by atoms with Crippen molar-refractivity contribution in [3.05, 3.63) is 0 Å². The SMILES string of the molecule is C.CC(C)N1CC2(CCC2)C1.CC(C)N1CC2(CCCC2)C1.CC(C)N1CC2(CCCCC2)C1. The number of likely N-dealkylation sites (tertiary alicyclic amines) is 3. The Morgan fingerprint density at radius 2 is 0.618 bits per heavy atom. The standard InChI is InChI=1S/C11H21N.C10H19N.C9H17N.CH4/c1-10(2)12-8-11(9-12)6-4-3-5-7-11;1-9(2)11-7-10(8-11)5-3-4-6-10;1-8(2)10-6-9(7-10)4-3-5-9;/h10H,3-9H2,1-2H3;9H,3-8H2,1-2H3;8H,3-7H2,1-2H3;1H4. The molecule has 0 radical (unpaired) electrons. The van der Waals surface area contributed by atoms with Crippen molar-refractivity contribution in [3.63, 3.8) is 0 Å². The van der Waals surface area contributed by atoms with Crippen LogP contribution in [0.2, 0.25) is 0 Å². The van der Waals surface area contributed by atoms with Crippen LogP contribution in [-0.4, -0.2) is 72.1 Å². The van der Waals surface area contributed by atoms with E-state index < -0.39 is 0 Å². The molecule has 0 aromatic carbocycles. The number of hydrogen-bond acceptors (Lipinski definition) is 3. The maximum Gasteiger partial charge on any atom is 0.00532 e. The van der Waals surface area contributed by atoms with Gasteiger partial charge in [-0.3, -0.25) is 14.7 Å². The lowest BCUT2D eigenvalue weighted by Gasteiger charge is -2.57. The molecule has 0 amide bonds. The molecule has 34 heavy (non-hydrogen) atoms. The maximum atomic E-state index is 2.62. The van der Waals surface area contributed by atoms with E-state index in [1.54, 1.807) is 0 Å². The molecule has 0 aromatic heterocycles. The molecule has 3 spiro atoms. The quantitative estimate of drug-likeness (QED) is 0.420. The fraction of sp³-hybridized carbons (Fsp3) is 1.00. The average molecular weight is 476 g/mol. The van der Waals surface area contributed by atoms with Gasteiger partial charge in [-0.1, -0.05) is 46.0 Å². The van der Waals surface area contributed by atoms with Crippen LogP contribution in [0.3, 0.4) is 0 Å². The van der Waals surface area contributed by atoms with E-state index in [-0.39, 0.29) is 7.43 Å². The first-order valence-electron chi connectivity index (χ1n) is 14.9. The Kier molecular flexibility index (Phi) is 9.63. The summed E-state index contributed by atoms with van der Waals surface area (Å²) in [6, 6.07) is 2.34. The fourth-order valence-corrected chi connectivity index (χ4v) is 7.59. The number of hydrogen-bond donors (Lipinski definition) is 0. The summed E-state index contributed by atoms with van der Waals surface area (Å²) in [5.74, 6) is 0. The van der Waals surface area contributed by atoms with Crippen molar-refractivity contribution in [2.24, 2.45) is 16.2 Å². The summed E-state index contributed by atoms with van der Waals surface area (Å²) in [4.78, 5) is 7.80. The molecule has 0 unspecified atom stereocenters. The van der Waals surface area contributed by atoms with Gasteiger partial charge in [0.1, 0.15) is 0 Å². The second-order valence-corrected chi connectivity index (χ2v) is 14.1. The molecule has 3 heterocycles. The third-order valence-electron chi connectivity index (χ3n) is 10.4. The third-order valence-corrected chi connectivity index (χ3v) is 10.4. The summed E-state index contributed by atoms with van der Waals surface area (Å²) in [6.45, 7) is 22.2. The minimum Gasteiger partial charge on any atom is -0.300 e. The Morgan fingerprint density at radius 3 is 0.824 bits per heavy atom. The van der Waals surface area contributed by atoms with Gasteiger partial charge in [-0.15, -0.1) is 0 Å². The minimum absolute atomic E-state index is 0. The van der Waals surface area contributed by atoms with Crippen LogP contribution < -0.4 is 0 Å². The summed E-state index contributed by atoms with van der Waals surface area (Å²) in [6.07, 6.45) is 18.0. The molecular formula is C31H61N3. The van der Waals surface area contributed by atoms with Crippen molar-refractivity contribution < 1.29 is 0 Å². The lowest BCUT2D eigenvalue weighted by Crippen LogP contribution is -2.61. The first kappa shape index (κ1) is 28.5. The van der Waals surface area contributed by atoms with E-state index in [4.69, 9.17) is 0 Å². The molecule has 0 N–H and O–H groups in total. The number of rotatable bonds is 3. The largest absolute Gasteiger partial charge is 0.300 e. The van der Waals surface area contributed by atoms with Crippen LogP contribution in [0.5, 0.6) is 0 Å². The van der Waals surface area contributed by atoms with Gasteiger partial charge in [-0.25, -0.2) is 0 Å². The summed E-state index contributed by atoms with van der Waals surface area (Å²) in [5, 5.41) is 0.